The van der Waals surface area contributed by atoms with Gasteiger partial charge in [-0.05, 0) is 65.6 Å². The predicted octanol–water partition coefficient (Wildman–Crippen LogP) is 6.25. The van der Waals surface area contributed by atoms with Crippen LogP contribution in [0.5, 0.6) is 11.5 Å². The number of rotatable bonds is 6. The second kappa shape index (κ2) is 10.0. The van der Waals surface area contributed by atoms with Crippen molar-refractivity contribution < 1.29 is 28.6 Å². The van der Waals surface area contributed by atoms with Gasteiger partial charge in [0.2, 0.25) is 0 Å². The summed E-state index contributed by atoms with van der Waals surface area (Å²) in [4.78, 5) is 27.9. The van der Waals surface area contributed by atoms with Crippen LogP contribution in [0, 0.1) is 5.82 Å². The highest BCUT2D eigenvalue weighted by molar-refractivity contribution is 6.51. The number of aliphatic hydroxyl groups excluding tert-OH is 1. The molecular weight excluding hydrogens is 485 g/mol. The number of ether oxygens (including phenoxy) is 2. The molecule has 1 unspecified atom stereocenters. The van der Waals surface area contributed by atoms with E-state index in [0.717, 1.165) is 5.56 Å². The van der Waals surface area contributed by atoms with Crippen molar-refractivity contribution in [1.82, 2.24) is 0 Å². The number of nitrogens with zero attached hydrogens (tertiary/aromatic N) is 1. The molecular formula is C28H25ClFNO5. The van der Waals surface area contributed by atoms with E-state index >= 15 is 0 Å². The number of amides is 1. The minimum atomic E-state index is -1.01. The van der Waals surface area contributed by atoms with Gasteiger partial charge in [-0.1, -0.05) is 37.6 Å². The fourth-order valence-electron chi connectivity index (χ4n) is 4.35. The first-order valence-corrected chi connectivity index (χ1v) is 11.6. The van der Waals surface area contributed by atoms with E-state index in [1.54, 1.807) is 37.4 Å². The zero-order valence-corrected chi connectivity index (χ0v) is 21.0. The third-order valence-corrected chi connectivity index (χ3v) is 6.46. The summed E-state index contributed by atoms with van der Waals surface area (Å²) in [7, 11) is 3.02. The number of carbonyl (C=O) groups excluding carboxylic acids is 2. The lowest BCUT2D eigenvalue weighted by Crippen LogP contribution is -2.29. The van der Waals surface area contributed by atoms with Gasteiger partial charge in [-0.15, -0.1) is 0 Å². The summed E-state index contributed by atoms with van der Waals surface area (Å²) in [6.07, 6.45) is 0. The van der Waals surface area contributed by atoms with Crippen LogP contribution in [0.4, 0.5) is 10.1 Å². The van der Waals surface area contributed by atoms with Gasteiger partial charge < -0.3 is 14.6 Å². The highest BCUT2D eigenvalue weighted by atomic mass is 35.5. The molecule has 0 spiro atoms. The molecule has 1 aliphatic rings. The van der Waals surface area contributed by atoms with E-state index in [1.807, 2.05) is 13.8 Å². The molecule has 3 aromatic rings. The van der Waals surface area contributed by atoms with Gasteiger partial charge in [-0.3, -0.25) is 14.5 Å². The van der Waals surface area contributed by atoms with Gasteiger partial charge in [0.25, 0.3) is 11.7 Å². The SMILES string of the molecule is COc1ccc(N2C(=O)C(=O)/C(=C(\O)c3ccc(OC)c(C(C)C)c3)C2c2ccc(F)cc2)cc1Cl. The van der Waals surface area contributed by atoms with E-state index < -0.39 is 23.5 Å². The first-order valence-electron chi connectivity index (χ1n) is 11.3. The zero-order valence-electron chi connectivity index (χ0n) is 20.2. The summed E-state index contributed by atoms with van der Waals surface area (Å²) >= 11 is 6.31. The Hall–Kier alpha value is -3.84. The molecule has 186 valence electrons. The number of anilines is 1. The second-order valence-corrected chi connectivity index (χ2v) is 9.06. The lowest BCUT2D eigenvalue weighted by molar-refractivity contribution is -0.132. The predicted molar refractivity (Wildman–Crippen MR) is 136 cm³/mol. The molecule has 1 fully saturated rings. The zero-order chi connectivity index (χ0) is 26.1. The third-order valence-electron chi connectivity index (χ3n) is 6.17. The van der Waals surface area contributed by atoms with E-state index in [-0.39, 0.29) is 22.3 Å². The molecule has 6 nitrogen and oxygen atoms in total. The van der Waals surface area contributed by atoms with Gasteiger partial charge in [0, 0.05) is 11.3 Å². The first-order chi connectivity index (χ1) is 17.2. The Kier molecular flexibility index (Phi) is 7.04. The molecule has 0 bridgehead atoms. The van der Waals surface area contributed by atoms with Gasteiger partial charge in [-0.2, -0.15) is 0 Å². The standard InChI is InChI=1S/C28H25ClFNO5/c1-15(2)20-13-17(7-11-22(20)35-3)26(32)24-25(16-5-8-18(30)9-6-16)31(28(34)27(24)33)19-10-12-23(36-4)21(29)14-19/h5-15,25,32H,1-4H3/b26-24-. The number of Topliss-reactive ketones (excluding diaryl/α,β-unsaturated/α-hetero) is 1. The van der Waals surface area contributed by atoms with Crippen molar-refractivity contribution >= 4 is 34.7 Å². The largest absolute Gasteiger partial charge is 0.507 e. The summed E-state index contributed by atoms with van der Waals surface area (Å²) in [5, 5.41) is 11.6. The quantitative estimate of drug-likeness (QED) is 0.241. The molecule has 0 aromatic heterocycles. The number of hydrogen-bond donors (Lipinski definition) is 1. The fraction of sp³-hybridized carbons (Fsp3) is 0.214. The average Bonchev–Trinajstić information content (AvgIpc) is 3.13. The monoisotopic (exact) mass is 509 g/mol. The number of aliphatic hydroxyl groups is 1. The summed E-state index contributed by atoms with van der Waals surface area (Å²) in [5.74, 6) is -1.40. The molecule has 0 aliphatic carbocycles. The van der Waals surface area contributed by atoms with Crippen molar-refractivity contribution in [3.8, 4) is 11.5 Å². The van der Waals surface area contributed by atoms with Gasteiger partial charge in [0.1, 0.15) is 23.1 Å². The lowest BCUT2D eigenvalue weighted by atomic mass is 9.93. The average molecular weight is 510 g/mol. The lowest BCUT2D eigenvalue weighted by Gasteiger charge is -2.26. The molecule has 8 heteroatoms. The van der Waals surface area contributed by atoms with Crippen LogP contribution in [-0.2, 0) is 9.59 Å². The minimum Gasteiger partial charge on any atom is -0.507 e. The van der Waals surface area contributed by atoms with Gasteiger partial charge in [0.15, 0.2) is 0 Å². The van der Waals surface area contributed by atoms with Crippen LogP contribution in [0.15, 0.2) is 66.2 Å². The molecule has 0 radical (unpaired) electrons. The molecule has 4 rings (SSSR count). The third kappa shape index (κ3) is 4.42. The van der Waals surface area contributed by atoms with Gasteiger partial charge in [-0.25, -0.2) is 4.39 Å². The van der Waals surface area contributed by atoms with Crippen LogP contribution >= 0.6 is 11.6 Å². The summed E-state index contributed by atoms with van der Waals surface area (Å²) in [6.45, 7) is 3.96. The van der Waals surface area contributed by atoms with E-state index in [1.165, 1.54) is 42.3 Å². The van der Waals surface area contributed by atoms with Crippen molar-refractivity contribution in [2.45, 2.75) is 25.8 Å². The second-order valence-electron chi connectivity index (χ2n) is 8.65. The highest BCUT2D eigenvalue weighted by Crippen LogP contribution is 2.44. The Morgan fingerprint density at radius 1 is 0.972 bits per heavy atom. The van der Waals surface area contributed by atoms with Gasteiger partial charge in [0.05, 0.1) is 30.9 Å². The Morgan fingerprint density at radius 3 is 2.19 bits per heavy atom. The maximum absolute atomic E-state index is 13.7. The fourth-order valence-corrected chi connectivity index (χ4v) is 4.60. The number of benzene rings is 3. The Bertz CT molecular complexity index is 1370. The van der Waals surface area contributed by atoms with Crippen LogP contribution < -0.4 is 14.4 Å². The molecule has 1 amide bonds. The molecule has 36 heavy (non-hydrogen) atoms. The van der Waals surface area contributed by atoms with Crippen LogP contribution in [0.1, 0.15) is 42.5 Å². The molecule has 1 atom stereocenters. The number of methoxy groups -OCH3 is 2. The van der Waals surface area contributed by atoms with Crippen LogP contribution in [0.25, 0.3) is 5.76 Å². The molecule has 1 heterocycles. The Morgan fingerprint density at radius 2 is 1.61 bits per heavy atom. The van der Waals surface area contributed by atoms with Crippen molar-refractivity contribution in [1.29, 1.82) is 0 Å². The molecule has 1 aliphatic heterocycles. The maximum atomic E-state index is 13.7. The van der Waals surface area contributed by atoms with Crippen LogP contribution in [0.2, 0.25) is 5.02 Å². The van der Waals surface area contributed by atoms with Crippen molar-refractivity contribution in [2.24, 2.45) is 0 Å². The smallest absolute Gasteiger partial charge is 0.300 e. The van der Waals surface area contributed by atoms with Crippen LogP contribution in [-0.4, -0.2) is 31.0 Å². The topological polar surface area (TPSA) is 76.1 Å². The van der Waals surface area contributed by atoms with Crippen molar-refractivity contribution in [3.63, 3.8) is 0 Å². The Labute approximate surface area is 213 Å². The molecule has 3 aromatic carbocycles. The van der Waals surface area contributed by atoms with Gasteiger partial charge >= 0.3 is 0 Å². The highest BCUT2D eigenvalue weighted by Gasteiger charge is 2.47. The molecule has 1 N–H and O–H groups in total. The first kappa shape index (κ1) is 25.3. The Balaban J connectivity index is 1.94. The van der Waals surface area contributed by atoms with E-state index in [2.05, 4.69) is 0 Å². The maximum Gasteiger partial charge on any atom is 0.300 e. The van der Waals surface area contributed by atoms with Crippen molar-refractivity contribution in [2.75, 3.05) is 19.1 Å². The minimum absolute atomic E-state index is 0.0736. The van der Waals surface area contributed by atoms with E-state index in [9.17, 15) is 19.1 Å². The van der Waals surface area contributed by atoms with E-state index in [0.29, 0.717) is 28.3 Å². The summed E-state index contributed by atoms with van der Waals surface area (Å²) < 4.78 is 24.4. The molecule has 1 saturated heterocycles. The number of halogens is 2. The molecule has 0 saturated carbocycles. The summed E-state index contributed by atoms with van der Waals surface area (Å²) in [6, 6.07) is 14.2. The van der Waals surface area contributed by atoms with E-state index in [4.69, 9.17) is 21.1 Å². The number of carbonyl (C=O) groups is 2. The van der Waals surface area contributed by atoms with Crippen LogP contribution in [0.3, 0.4) is 0 Å². The normalized spacial score (nSPS) is 17.1. The number of hydrogen-bond acceptors (Lipinski definition) is 5. The summed E-state index contributed by atoms with van der Waals surface area (Å²) in [5.41, 5.74) is 1.85. The number of ketones is 1. The van der Waals surface area contributed by atoms with Crippen molar-refractivity contribution in [3.05, 3.63) is 93.8 Å².